The SMILES string of the molecule is CCOc1ccc(C(CNC(=O)c2ccc(S(=O)(=O)c3ccc(C)cc3)o2)N(C)C)cc1. The zero-order chi connectivity index (χ0) is 23.3. The van der Waals surface area contributed by atoms with E-state index in [1.165, 1.54) is 24.3 Å². The van der Waals surface area contributed by atoms with Gasteiger partial charge in [0, 0.05) is 6.54 Å². The zero-order valence-electron chi connectivity index (χ0n) is 18.7. The Labute approximate surface area is 188 Å². The number of nitrogens with zero attached hydrogens (tertiary/aromatic N) is 1. The molecule has 1 amide bonds. The molecule has 8 heteroatoms. The van der Waals surface area contributed by atoms with E-state index in [-0.39, 0.29) is 21.8 Å². The predicted octanol–water partition coefficient (Wildman–Crippen LogP) is 3.85. The van der Waals surface area contributed by atoms with E-state index in [4.69, 9.17) is 9.15 Å². The number of ether oxygens (including phenoxy) is 1. The lowest BCUT2D eigenvalue weighted by Gasteiger charge is -2.25. The molecule has 0 aliphatic carbocycles. The normalized spacial score (nSPS) is 12.5. The van der Waals surface area contributed by atoms with Crippen molar-refractivity contribution in [3.8, 4) is 5.75 Å². The Morgan fingerprint density at radius 2 is 1.69 bits per heavy atom. The van der Waals surface area contributed by atoms with Gasteiger partial charge in [-0.25, -0.2) is 8.42 Å². The fraction of sp³-hybridized carbons (Fsp3) is 0.292. The Morgan fingerprint density at radius 3 is 2.28 bits per heavy atom. The van der Waals surface area contributed by atoms with Gasteiger partial charge in [-0.15, -0.1) is 0 Å². The van der Waals surface area contributed by atoms with E-state index in [2.05, 4.69) is 5.32 Å². The van der Waals surface area contributed by atoms with Crippen molar-refractivity contribution < 1.29 is 22.4 Å². The summed E-state index contributed by atoms with van der Waals surface area (Å²) in [5.41, 5.74) is 1.97. The van der Waals surface area contributed by atoms with Crippen LogP contribution in [0.1, 0.15) is 34.6 Å². The van der Waals surface area contributed by atoms with Crippen LogP contribution in [0.3, 0.4) is 0 Å². The molecule has 0 fully saturated rings. The standard InChI is InChI=1S/C24H28N2O5S/c1-5-30-19-10-8-18(9-11-19)21(26(3)4)16-25-24(27)22-14-15-23(31-22)32(28,29)20-12-6-17(2)7-13-20/h6-15,21H,5,16H2,1-4H3,(H,25,27). The summed E-state index contributed by atoms with van der Waals surface area (Å²) >= 11 is 0. The van der Waals surface area contributed by atoms with Gasteiger partial charge in [0.2, 0.25) is 14.9 Å². The number of furan rings is 1. The summed E-state index contributed by atoms with van der Waals surface area (Å²) in [5.74, 6) is 0.253. The third-order valence-corrected chi connectivity index (χ3v) is 6.70. The molecule has 0 saturated heterocycles. The summed E-state index contributed by atoms with van der Waals surface area (Å²) in [7, 11) is 0.0143. The number of aryl methyl sites for hydroxylation is 1. The Kier molecular flexibility index (Phi) is 7.37. The molecule has 1 atom stereocenters. The van der Waals surface area contributed by atoms with Crippen LogP contribution >= 0.6 is 0 Å². The Morgan fingerprint density at radius 1 is 1.03 bits per heavy atom. The highest BCUT2D eigenvalue weighted by Crippen LogP contribution is 2.24. The van der Waals surface area contributed by atoms with Crippen LogP contribution in [-0.2, 0) is 9.84 Å². The fourth-order valence-electron chi connectivity index (χ4n) is 3.25. The highest BCUT2D eigenvalue weighted by molar-refractivity contribution is 7.91. The number of hydrogen-bond acceptors (Lipinski definition) is 6. The molecule has 1 heterocycles. The van der Waals surface area contributed by atoms with E-state index in [9.17, 15) is 13.2 Å². The number of nitrogens with one attached hydrogen (secondary N) is 1. The van der Waals surface area contributed by atoms with Crippen LogP contribution in [0.4, 0.5) is 0 Å². The van der Waals surface area contributed by atoms with E-state index < -0.39 is 15.7 Å². The molecule has 3 rings (SSSR count). The van der Waals surface area contributed by atoms with E-state index in [1.807, 2.05) is 57.1 Å². The zero-order valence-corrected chi connectivity index (χ0v) is 19.5. The molecule has 170 valence electrons. The summed E-state index contributed by atoms with van der Waals surface area (Å²) in [5, 5.41) is 2.57. The third kappa shape index (κ3) is 5.38. The molecule has 0 spiro atoms. The Bertz CT molecular complexity index is 1150. The van der Waals surface area contributed by atoms with E-state index >= 15 is 0 Å². The summed E-state index contributed by atoms with van der Waals surface area (Å²) in [4.78, 5) is 14.7. The van der Waals surface area contributed by atoms with E-state index in [1.54, 1.807) is 12.1 Å². The van der Waals surface area contributed by atoms with Crippen molar-refractivity contribution in [3.05, 3.63) is 77.6 Å². The molecule has 0 radical (unpaired) electrons. The topological polar surface area (TPSA) is 88.8 Å². The molecule has 7 nitrogen and oxygen atoms in total. The van der Waals surface area contributed by atoms with Crippen LogP contribution in [0, 0.1) is 6.92 Å². The summed E-state index contributed by atoms with van der Waals surface area (Å²) in [6.45, 7) is 4.72. The lowest BCUT2D eigenvalue weighted by Crippen LogP contribution is -2.34. The van der Waals surface area contributed by atoms with Crippen molar-refractivity contribution in [2.45, 2.75) is 29.9 Å². The molecule has 0 saturated carbocycles. The smallest absolute Gasteiger partial charge is 0.287 e. The van der Waals surface area contributed by atoms with Gasteiger partial charge in [-0.05, 0) is 69.9 Å². The van der Waals surface area contributed by atoms with Gasteiger partial charge in [-0.3, -0.25) is 4.79 Å². The van der Waals surface area contributed by atoms with Gasteiger partial charge < -0.3 is 19.4 Å². The molecule has 1 aromatic heterocycles. The van der Waals surface area contributed by atoms with Gasteiger partial charge in [0.05, 0.1) is 17.5 Å². The van der Waals surface area contributed by atoms with Gasteiger partial charge in [0.15, 0.2) is 5.76 Å². The van der Waals surface area contributed by atoms with Crippen molar-refractivity contribution in [2.24, 2.45) is 0 Å². The highest BCUT2D eigenvalue weighted by atomic mass is 32.2. The largest absolute Gasteiger partial charge is 0.494 e. The van der Waals surface area contributed by atoms with Crippen LogP contribution in [0.15, 0.2) is 75.1 Å². The van der Waals surface area contributed by atoms with Crippen molar-refractivity contribution in [1.29, 1.82) is 0 Å². The molecule has 3 aromatic rings. The minimum atomic E-state index is -3.83. The number of carbonyl (C=O) groups excluding carboxylic acids is 1. The van der Waals surface area contributed by atoms with Gasteiger partial charge in [-0.1, -0.05) is 29.8 Å². The van der Waals surface area contributed by atoms with Crippen LogP contribution in [0.25, 0.3) is 0 Å². The maximum Gasteiger partial charge on any atom is 0.287 e. The average molecular weight is 457 g/mol. The quantitative estimate of drug-likeness (QED) is 0.526. The second-order valence-corrected chi connectivity index (χ2v) is 9.51. The minimum Gasteiger partial charge on any atom is -0.494 e. The Balaban J connectivity index is 1.70. The van der Waals surface area contributed by atoms with Crippen LogP contribution < -0.4 is 10.1 Å². The molecule has 1 N–H and O–H groups in total. The number of benzene rings is 2. The lowest BCUT2D eigenvalue weighted by atomic mass is 10.1. The van der Waals surface area contributed by atoms with Crippen LogP contribution in [0.2, 0.25) is 0 Å². The number of carbonyl (C=O) groups is 1. The molecule has 0 aliphatic heterocycles. The molecule has 2 aromatic carbocycles. The molecule has 32 heavy (non-hydrogen) atoms. The third-order valence-electron chi connectivity index (χ3n) is 5.06. The second-order valence-electron chi connectivity index (χ2n) is 7.63. The number of sulfone groups is 1. The Hall–Kier alpha value is -3.10. The van der Waals surface area contributed by atoms with Crippen molar-refractivity contribution in [3.63, 3.8) is 0 Å². The van der Waals surface area contributed by atoms with Crippen LogP contribution in [0.5, 0.6) is 5.75 Å². The lowest BCUT2D eigenvalue weighted by molar-refractivity contribution is 0.0908. The van der Waals surface area contributed by atoms with Gasteiger partial charge >= 0.3 is 0 Å². The van der Waals surface area contributed by atoms with Crippen molar-refractivity contribution >= 4 is 15.7 Å². The second kappa shape index (κ2) is 10.0. The molecular formula is C24H28N2O5S. The first-order valence-electron chi connectivity index (χ1n) is 10.3. The summed E-state index contributed by atoms with van der Waals surface area (Å²) < 4.78 is 36.4. The molecule has 0 bridgehead atoms. The number of likely N-dealkylation sites (N-methyl/N-ethyl adjacent to an activating group) is 1. The first-order chi connectivity index (χ1) is 15.2. The van der Waals surface area contributed by atoms with Gasteiger partial charge in [-0.2, -0.15) is 0 Å². The summed E-state index contributed by atoms with van der Waals surface area (Å²) in [6.07, 6.45) is 0. The maximum atomic E-state index is 12.8. The monoisotopic (exact) mass is 456 g/mol. The minimum absolute atomic E-state index is 0.0557. The van der Waals surface area contributed by atoms with Crippen LogP contribution in [-0.4, -0.2) is 46.5 Å². The fourth-order valence-corrected chi connectivity index (χ4v) is 4.42. The van der Waals surface area contributed by atoms with E-state index in [0.717, 1.165) is 16.9 Å². The molecular weight excluding hydrogens is 428 g/mol. The highest BCUT2D eigenvalue weighted by Gasteiger charge is 2.24. The number of hydrogen-bond donors (Lipinski definition) is 1. The van der Waals surface area contributed by atoms with Crippen molar-refractivity contribution in [2.75, 3.05) is 27.2 Å². The summed E-state index contributed by atoms with van der Waals surface area (Å²) in [6, 6.07) is 16.8. The molecule has 0 aliphatic rings. The average Bonchev–Trinajstić information content (AvgIpc) is 3.26. The van der Waals surface area contributed by atoms with Crippen molar-refractivity contribution in [1.82, 2.24) is 10.2 Å². The predicted molar refractivity (Wildman–Crippen MR) is 122 cm³/mol. The maximum absolute atomic E-state index is 12.8. The number of rotatable bonds is 9. The number of amides is 1. The van der Waals surface area contributed by atoms with Gasteiger partial charge in [0.25, 0.3) is 5.91 Å². The van der Waals surface area contributed by atoms with E-state index in [0.29, 0.717) is 13.2 Å². The first kappa shape index (κ1) is 23.6. The first-order valence-corrected chi connectivity index (χ1v) is 11.8. The van der Waals surface area contributed by atoms with Gasteiger partial charge in [0.1, 0.15) is 5.75 Å². The molecule has 1 unspecified atom stereocenters.